The highest BCUT2D eigenvalue weighted by molar-refractivity contribution is 5.94. The van der Waals surface area contributed by atoms with Crippen molar-refractivity contribution < 1.29 is 14.3 Å². The van der Waals surface area contributed by atoms with Crippen LogP contribution in [0.4, 0.5) is 0 Å². The summed E-state index contributed by atoms with van der Waals surface area (Å²) >= 11 is 0. The predicted octanol–water partition coefficient (Wildman–Crippen LogP) is 1.83. The molecule has 0 unspecified atom stereocenters. The van der Waals surface area contributed by atoms with E-state index in [9.17, 15) is 9.59 Å². The highest BCUT2D eigenvalue weighted by Gasteiger charge is 2.35. The lowest BCUT2D eigenvalue weighted by Gasteiger charge is -2.32. The molecular weight excluding hydrogens is 280 g/mol. The molecule has 1 saturated heterocycles. The molecule has 0 aromatic heterocycles. The van der Waals surface area contributed by atoms with Crippen LogP contribution in [0.3, 0.4) is 0 Å². The van der Waals surface area contributed by atoms with Crippen LogP contribution in [0.25, 0.3) is 0 Å². The van der Waals surface area contributed by atoms with Gasteiger partial charge in [-0.05, 0) is 49.9 Å². The third kappa shape index (κ3) is 3.40. The van der Waals surface area contributed by atoms with Crippen molar-refractivity contribution in [2.45, 2.75) is 31.7 Å². The van der Waals surface area contributed by atoms with Gasteiger partial charge < -0.3 is 15.0 Å². The highest BCUT2D eigenvalue weighted by Crippen LogP contribution is 2.31. The third-order valence-electron chi connectivity index (χ3n) is 4.42. The Morgan fingerprint density at radius 3 is 2.27 bits per heavy atom. The van der Waals surface area contributed by atoms with Gasteiger partial charge in [0.05, 0.1) is 7.11 Å². The minimum Gasteiger partial charge on any atom is -0.497 e. The van der Waals surface area contributed by atoms with Crippen LogP contribution in [0.2, 0.25) is 0 Å². The molecule has 1 aliphatic carbocycles. The quantitative estimate of drug-likeness (QED) is 0.923. The van der Waals surface area contributed by atoms with Gasteiger partial charge in [0, 0.05) is 30.6 Å². The second-order valence-corrected chi connectivity index (χ2v) is 6.08. The Kier molecular flexibility index (Phi) is 4.32. The number of carbonyl (C=O) groups is 2. The van der Waals surface area contributed by atoms with E-state index in [0.717, 1.165) is 44.5 Å². The molecular formula is C17H22N2O3. The zero-order chi connectivity index (χ0) is 15.5. The van der Waals surface area contributed by atoms with Crippen molar-refractivity contribution in [3.63, 3.8) is 0 Å². The van der Waals surface area contributed by atoms with Crippen molar-refractivity contribution in [2.24, 2.45) is 5.92 Å². The van der Waals surface area contributed by atoms with E-state index in [1.54, 1.807) is 31.4 Å². The van der Waals surface area contributed by atoms with Crippen molar-refractivity contribution in [3.05, 3.63) is 29.8 Å². The van der Waals surface area contributed by atoms with Crippen molar-refractivity contribution in [2.75, 3.05) is 20.2 Å². The van der Waals surface area contributed by atoms with Crippen molar-refractivity contribution in [1.82, 2.24) is 10.2 Å². The summed E-state index contributed by atoms with van der Waals surface area (Å²) in [5.41, 5.74) is 0.636. The minimum atomic E-state index is -0.0605. The highest BCUT2D eigenvalue weighted by atomic mass is 16.5. The van der Waals surface area contributed by atoms with E-state index in [0.29, 0.717) is 11.5 Å². The van der Waals surface area contributed by atoms with Crippen LogP contribution < -0.4 is 10.1 Å². The normalized spacial score (nSPS) is 18.9. The summed E-state index contributed by atoms with van der Waals surface area (Å²) in [4.78, 5) is 26.2. The molecule has 2 fully saturated rings. The van der Waals surface area contributed by atoms with Crippen LogP contribution >= 0.6 is 0 Å². The van der Waals surface area contributed by atoms with E-state index >= 15 is 0 Å². The number of ether oxygens (including phenoxy) is 1. The molecule has 5 nitrogen and oxygen atoms in total. The number of methoxy groups -OCH3 is 1. The second-order valence-electron chi connectivity index (χ2n) is 6.08. The average Bonchev–Trinajstić information content (AvgIpc) is 3.40. The van der Waals surface area contributed by atoms with Gasteiger partial charge in [0.1, 0.15) is 5.75 Å². The van der Waals surface area contributed by atoms with Gasteiger partial charge in [-0.15, -0.1) is 0 Å². The van der Waals surface area contributed by atoms with Gasteiger partial charge in [-0.3, -0.25) is 9.59 Å². The lowest BCUT2D eigenvalue weighted by Crippen LogP contribution is -2.47. The number of piperidine rings is 1. The Labute approximate surface area is 130 Å². The molecule has 1 saturated carbocycles. The molecule has 0 spiro atoms. The maximum absolute atomic E-state index is 12.2. The summed E-state index contributed by atoms with van der Waals surface area (Å²) in [5.74, 6) is 1.27. The van der Waals surface area contributed by atoms with E-state index in [4.69, 9.17) is 4.74 Å². The van der Waals surface area contributed by atoms with E-state index in [1.807, 2.05) is 4.90 Å². The van der Waals surface area contributed by atoms with Gasteiger partial charge in [-0.2, -0.15) is 0 Å². The Hall–Kier alpha value is -2.04. The number of hydrogen-bond acceptors (Lipinski definition) is 3. The Morgan fingerprint density at radius 2 is 1.73 bits per heavy atom. The summed E-state index contributed by atoms with van der Waals surface area (Å²) in [6.07, 6.45) is 3.76. The molecule has 1 heterocycles. The van der Waals surface area contributed by atoms with Gasteiger partial charge in [-0.25, -0.2) is 0 Å². The summed E-state index contributed by atoms with van der Waals surface area (Å²) in [7, 11) is 1.60. The first-order chi connectivity index (χ1) is 10.7. The van der Waals surface area contributed by atoms with Gasteiger partial charge in [0.25, 0.3) is 5.91 Å². The molecule has 1 N–H and O–H groups in total. The fourth-order valence-electron chi connectivity index (χ4n) is 2.84. The monoisotopic (exact) mass is 302 g/mol. The molecule has 1 aliphatic heterocycles. The molecule has 0 bridgehead atoms. The topological polar surface area (TPSA) is 58.6 Å². The maximum atomic E-state index is 12.2. The molecule has 22 heavy (non-hydrogen) atoms. The first-order valence-corrected chi connectivity index (χ1v) is 7.91. The van der Waals surface area contributed by atoms with Crippen molar-refractivity contribution >= 4 is 11.8 Å². The van der Waals surface area contributed by atoms with Gasteiger partial charge in [0.2, 0.25) is 5.91 Å². The molecule has 5 heteroatoms. The predicted molar refractivity (Wildman–Crippen MR) is 82.8 cm³/mol. The molecule has 2 amide bonds. The molecule has 2 aliphatic rings. The molecule has 0 radical (unpaired) electrons. The van der Waals surface area contributed by atoms with Crippen LogP contribution in [-0.4, -0.2) is 43.0 Å². The van der Waals surface area contributed by atoms with Crippen LogP contribution in [0.15, 0.2) is 24.3 Å². The number of hydrogen-bond donors (Lipinski definition) is 1. The number of nitrogens with zero attached hydrogens (tertiary/aromatic N) is 1. The van der Waals surface area contributed by atoms with E-state index in [2.05, 4.69) is 5.32 Å². The first kappa shape index (κ1) is 14.9. The van der Waals surface area contributed by atoms with E-state index in [-0.39, 0.29) is 17.9 Å². The summed E-state index contributed by atoms with van der Waals surface area (Å²) in [5, 5.41) is 3.06. The molecule has 118 valence electrons. The van der Waals surface area contributed by atoms with Crippen LogP contribution in [-0.2, 0) is 4.79 Å². The molecule has 1 aromatic rings. The Bertz CT molecular complexity index is 544. The first-order valence-electron chi connectivity index (χ1n) is 7.91. The lowest BCUT2D eigenvalue weighted by atomic mass is 10.0. The molecule has 0 atom stereocenters. The van der Waals surface area contributed by atoms with Crippen molar-refractivity contribution in [3.8, 4) is 5.75 Å². The zero-order valence-electron chi connectivity index (χ0n) is 12.9. The molecule has 3 rings (SSSR count). The minimum absolute atomic E-state index is 0.0605. The average molecular weight is 302 g/mol. The van der Waals surface area contributed by atoms with Gasteiger partial charge in [-0.1, -0.05) is 0 Å². The number of rotatable bonds is 4. The van der Waals surface area contributed by atoms with Crippen LogP contribution in [0.1, 0.15) is 36.0 Å². The van der Waals surface area contributed by atoms with Gasteiger partial charge in [0.15, 0.2) is 0 Å². The fourth-order valence-corrected chi connectivity index (χ4v) is 2.84. The maximum Gasteiger partial charge on any atom is 0.251 e. The van der Waals surface area contributed by atoms with E-state index in [1.165, 1.54) is 0 Å². The summed E-state index contributed by atoms with van der Waals surface area (Å²) in [6.45, 7) is 1.51. The number of amides is 2. The summed E-state index contributed by atoms with van der Waals surface area (Å²) in [6, 6.07) is 7.25. The Morgan fingerprint density at radius 1 is 1.09 bits per heavy atom. The second kappa shape index (κ2) is 6.38. The largest absolute Gasteiger partial charge is 0.497 e. The van der Waals surface area contributed by atoms with Gasteiger partial charge >= 0.3 is 0 Å². The number of likely N-dealkylation sites (tertiary alicyclic amines) is 1. The standard InChI is InChI=1S/C17H22N2O3/c1-22-15-6-4-12(5-7-15)16(20)18-14-8-10-19(11-9-14)17(21)13-2-3-13/h4-7,13-14H,2-3,8-11H2,1H3,(H,18,20). The SMILES string of the molecule is COc1ccc(C(=O)NC2CCN(C(=O)C3CC3)CC2)cc1. The van der Waals surface area contributed by atoms with E-state index < -0.39 is 0 Å². The Balaban J connectivity index is 1.49. The van der Waals surface area contributed by atoms with Crippen molar-refractivity contribution in [1.29, 1.82) is 0 Å². The lowest BCUT2D eigenvalue weighted by molar-refractivity contribution is -0.133. The molecule has 1 aromatic carbocycles. The number of carbonyl (C=O) groups excluding carboxylic acids is 2. The smallest absolute Gasteiger partial charge is 0.251 e. The zero-order valence-corrected chi connectivity index (χ0v) is 12.9. The number of benzene rings is 1. The third-order valence-corrected chi connectivity index (χ3v) is 4.42. The number of nitrogens with one attached hydrogen (secondary N) is 1. The fraction of sp³-hybridized carbons (Fsp3) is 0.529. The summed E-state index contributed by atoms with van der Waals surface area (Å²) < 4.78 is 5.09. The van der Waals surface area contributed by atoms with Crippen LogP contribution in [0, 0.1) is 5.92 Å². The van der Waals surface area contributed by atoms with Crippen LogP contribution in [0.5, 0.6) is 5.75 Å².